The van der Waals surface area contributed by atoms with Gasteiger partial charge in [0.1, 0.15) is 5.75 Å². The Kier molecular flexibility index (Phi) is 8.14. The Bertz CT molecular complexity index is 839. The lowest BCUT2D eigenvalue weighted by Crippen LogP contribution is -2.19. The zero-order valence-corrected chi connectivity index (χ0v) is 17.2. The van der Waals surface area contributed by atoms with Gasteiger partial charge in [-0.15, -0.1) is 0 Å². The molecule has 1 amide bonds. The minimum atomic E-state index is -0.237. The highest BCUT2D eigenvalue weighted by atomic mass is 35.5. The fourth-order valence-corrected chi connectivity index (χ4v) is 2.66. The number of carbonyl (C=O) groups is 1. The van der Waals surface area contributed by atoms with Crippen LogP contribution in [0.2, 0.25) is 5.02 Å². The molecule has 0 aliphatic rings. The first-order valence-electron chi connectivity index (χ1n) is 8.95. The number of halogens is 1. The number of benzene rings is 2. The molecule has 2 rings (SSSR count). The molecule has 1 unspecified atom stereocenters. The second-order valence-electron chi connectivity index (χ2n) is 6.19. The predicted octanol–water partition coefficient (Wildman–Crippen LogP) is 4.23. The Morgan fingerprint density at radius 2 is 2.04 bits per heavy atom. The molecule has 0 saturated heterocycles. The molecule has 0 saturated carbocycles. The van der Waals surface area contributed by atoms with Crippen LogP contribution in [0.5, 0.6) is 17.2 Å². The number of nitrogens with zero attached hydrogens (tertiary/aromatic N) is 1. The predicted molar refractivity (Wildman–Crippen MR) is 111 cm³/mol. The third-order valence-electron chi connectivity index (χ3n) is 4.05. The molecular formula is C21H25ClN2O4. The van der Waals surface area contributed by atoms with Crippen molar-refractivity contribution in [3.63, 3.8) is 0 Å². The van der Waals surface area contributed by atoms with Crippen LogP contribution in [0.25, 0.3) is 0 Å². The van der Waals surface area contributed by atoms with Crippen molar-refractivity contribution in [3.8, 4) is 17.2 Å². The van der Waals surface area contributed by atoms with Crippen molar-refractivity contribution < 1.29 is 19.0 Å². The van der Waals surface area contributed by atoms with E-state index in [-0.39, 0.29) is 18.4 Å². The summed E-state index contributed by atoms with van der Waals surface area (Å²) >= 11 is 6.33. The number of carbonyl (C=O) groups excluding carboxylic acids is 1. The van der Waals surface area contributed by atoms with E-state index in [1.165, 1.54) is 6.21 Å². The lowest BCUT2D eigenvalue weighted by molar-refractivity contribution is -0.120. The Morgan fingerprint density at radius 3 is 2.71 bits per heavy atom. The maximum atomic E-state index is 12.1. The Hall–Kier alpha value is -2.73. The molecule has 28 heavy (non-hydrogen) atoms. The zero-order chi connectivity index (χ0) is 20.5. The summed E-state index contributed by atoms with van der Waals surface area (Å²) < 4.78 is 16.3. The minimum Gasteiger partial charge on any atom is -0.497 e. The minimum absolute atomic E-state index is 0.0156. The van der Waals surface area contributed by atoms with Crippen molar-refractivity contribution in [2.75, 3.05) is 14.2 Å². The van der Waals surface area contributed by atoms with Gasteiger partial charge in [-0.3, -0.25) is 4.79 Å². The molecule has 7 heteroatoms. The zero-order valence-electron chi connectivity index (χ0n) is 16.5. The summed E-state index contributed by atoms with van der Waals surface area (Å²) in [7, 11) is 3.13. The molecule has 150 valence electrons. The standard InChI is InChI=1S/C21H25ClN2O4/c1-5-14(2)28-21-18(22)10-16(11-19(21)27-4)13-23-24-20(25)12-15-7-6-8-17(9-15)26-3/h6-11,13-14H,5,12H2,1-4H3,(H,24,25). The fourth-order valence-electron chi connectivity index (χ4n) is 2.40. The maximum Gasteiger partial charge on any atom is 0.244 e. The molecule has 0 radical (unpaired) electrons. The van der Waals surface area contributed by atoms with Crippen LogP contribution in [0.4, 0.5) is 0 Å². The average molecular weight is 405 g/mol. The van der Waals surface area contributed by atoms with Gasteiger partial charge in [0.25, 0.3) is 0 Å². The SMILES string of the molecule is CCC(C)Oc1c(Cl)cc(C=NNC(=O)Cc2cccc(OC)c2)cc1OC. The van der Waals surface area contributed by atoms with Gasteiger partial charge in [-0.2, -0.15) is 5.10 Å². The van der Waals surface area contributed by atoms with Crippen LogP contribution in [0.1, 0.15) is 31.4 Å². The Labute approximate surface area is 170 Å². The first kappa shape index (κ1) is 21.6. The van der Waals surface area contributed by atoms with Gasteiger partial charge in [0, 0.05) is 0 Å². The molecule has 0 fully saturated rings. The van der Waals surface area contributed by atoms with Gasteiger partial charge >= 0.3 is 0 Å². The van der Waals surface area contributed by atoms with Crippen molar-refractivity contribution in [1.82, 2.24) is 5.43 Å². The molecule has 2 aromatic carbocycles. The molecule has 0 heterocycles. The van der Waals surface area contributed by atoms with Gasteiger partial charge in [-0.1, -0.05) is 30.7 Å². The molecule has 0 spiro atoms. The van der Waals surface area contributed by atoms with Gasteiger partial charge in [0.15, 0.2) is 11.5 Å². The third kappa shape index (κ3) is 6.16. The third-order valence-corrected chi connectivity index (χ3v) is 4.33. The second-order valence-corrected chi connectivity index (χ2v) is 6.60. The van der Waals surface area contributed by atoms with Crippen molar-refractivity contribution in [3.05, 3.63) is 52.5 Å². The average Bonchev–Trinajstić information content (AvgIpc) is 2.69. The van der Waals surface area contributed by atoms with Crippen molar-refractivity contribution >= 4 is 23.7 Å². The van der Waals surface area contributed by atoms with Crippen molar-refractivity contribution in [2.45, 2.75) is 32.8 Å². The van der Waals surface area contributed by atoms with E-state index in [0.717, 1.165) is 12.0 Å². The number of hydrogen-bond acceptors (Lipinski definition) is 5. The molecule has 0 aromatic heterocycles. The van der Waals surface area contributed by atoms with Gasteiger partial charge in [-0.05, 0) is 48.7 Å². The van der Waals surface area contributed by atoms with Gasteiger partial charge in [0.05, 0.1) is 38.0 Å². The molecule has 0 aliphatic carbocycles. The van der Waals surface area contributed by atoms with Gasteiger partial charge in [0.2, 0.25) is 5.91 Å². The van der Waals surface area contributed by atoms with Gasteiger partial charge in [-0.25, -0.2) is 5.43 Å². The number of nitrogens with one attached hydrogen (secondary N) is 1. The fraction of sp³-hybridized carbons (Fsp3) is 0.333. The van der Waals surface area contributed by atoms with E-state index >= 15 is 0 Å². The first-order valence-corrected chi connectivity index (χ1v) is 9.33. The van der Waals surface area contributed by atoms with Crippen LogP contribution in [-0.2, 0) is 11.2 Å². The number of ether oxygens (including phenoxy) is 3. The van der Waals surface area contributed by atoms with Gasteiger partial charge < -0.3 is 14.2 Å². The lowest BCUT2D eigenvalue weighted by atomic mass is 10.1. The van der Waals surface area contributed by atoms with E-state index in [1.54, 1.807) is 26.4 Å². The van der Waals surface area contributed by atoms with Crippen molar-refractivity contribution in [2.24, 2.45) is 5.10 Å². The summed E-state index contributed by atoms with van der Waals surface area (Å²) in [5.41, 5.74) is 4.02. The largest absolute Gasteiger partial charge is 0.497 e. The van der Waals surface area contributed by atoms with Crippen LogP contribution in [0.3, 0.4) is 0 Å². The normalized spacial score (nSPS) is 11.9. The highest BCUT2D eigenvalue weighted by molar-refractivity contribution is 6.32. The van der Waals surface area contributed by atoms with E-state index in [4.69, 9.17) is 25.8 Å². The summed E-state index contributed by atoms with van der Waals surface area (Å²) in [6.07, 6.45) is 2.56. The van der Waals surface area contributed by atoms with E-state index in [9.17, 15) is 4.79 Å². The molecule has 0 aliphatic heterocycles. The molecule has 1 atom stereocenters. The smallest absolute Gasteiger partial charge is 0.244 e. The topological polar surface area (TPSA) is 69.2 Å². The molecule has 1 N–H and O–H groups in total. The summed E-state index contributed by atoms with van der Waals surface area (Å²) in [4.78, 5) is 12.1. The Balaban J connectivity index is 2.03. The first-order chi connectivity index (χ1) is 13.5. The van der Waals surface area contributed by atoms with Crippen LogP contribution in [0, 0.1) is 0 Å². The number of hydrogen-bond donors (Lipinski definition) is 1. The number of methoxy groups -OCH3 is 2. The second kappa shape index (κ2) is 10.6. The molecule has 0 bridgehead atoms. The van der Waals surface area contributed by atoms with E-state index in [0.29, 0.717) is 27.8 Å². The monoisotopic (exact) mass is 404 g/mol. The highest BCUT2D eigenvalue weighted by Gasteiger charge is 2.14. The van der Waals surface area contributed by atoms with Crippen molar-refractivity contribution in [1.29, 1.82) is 0 Å². The summed E-state index contributed by atoms with van der Waals surface area (Å²) in [5, 5.41) is 4.41. The maximum absolute atomic E-state index is 12.1. The van der Waals surface area contributed by atoms with Crippen LogP contribution < -0.4 is 19.6 Å². The van der Waals surface area contributed by atoms with E-state index in [2.05, 4.69) is 10.5 Å². The van der Waals surface area contributed by atoms with Crippen LogP contribution in [0.15, 0.2) is 41.5 Å². The molecule has 2 aromatic rings. The summed E-state index contributed by atoms with van der Waals surface area (Å²) in [6.45, 7) is 3.99. The highest BCUT2D eigenvalue weighted by Crippen LogP contribution is 2.37. The Morgan fingerprint density at radius 1 is 1.25 bits per heavy atom. The number of amides is 1. The number of hydrazone groups is 1. The number of rotatable bonds is 9. The van der Waals surface area contributed by atoms with E-state index in [1.807, 2.05) is 38.1 Å². The lowest BCUT2D eigenvalue weighted by Gasteiger charge is -2.17. The summed E-state index contributed by atoms with van der Waals surface area (Å²) in [5.74, 6) is 1.48. The molecular weight excluding hydrogens is 380 g/mol. The van der Waals surface area contributed by atoms with E-state index < -0.39 is 0 Å². The summed E-state index contributed by atoms with van der Waals surface area (Å²) in [6, 6.07) is 10.8. The molecule has 6 nitrogen and oxygen atoms in total. The van der Waals surface area contributed by atoms with Crippen LogP contribution in [-0.4, -0.2) is 32.4 Å². The van der Waals surface area contributed by atoms with Crippen LogP contribution >= 0.6 is 11.6 Å². The quantitative estimate of drug-likeness (QED) is 0.501.